The Balaban J connectivity index is 0.00000578. The molecule has 0 amide bonds. The van der Waals surface area contributed by atoms with Crippen molar-refractivity contribution in [2.24, 2.45) is 0 Å². The van der Waals surface area contributed by atoms with Crippen LogP contribution in [0.2, 0.25) is 5.15 Å². The fourth-order valence-electron chi connectivity index (χ4n) is 2.73. The summed E-state index contributed by atoms with van der Waals surface area (Å²) in [6, 6.07) is -0.302. The van der Waals surface area contributed by atoms with Crippen molar-refractivity contribution >= 4 is 29.8 Å². The van der Waals surface area contributed by atoms with Crippen LogP contribution >= 0.6 is 24.0 Å². The highest BCUT2D eigenvalue weighted by atomic mass is 35.5. The zero-order valence-corrected chi connectivity index (χ0v) is 20.0. The Morgan fingerprint density at radius 3 is 2.32 bits per heavy atom. The minimum atomic E-state index is -4.68. The summed E-state index contributed by atoms with van der Waals surface area (Å²) in [7, 11) is 3.74. The number of nitriles is 1. The van der Waals surface area contributed by atoms with E-state index < -0.39 is 46.0 Å². The third-order valence-corrected chi connectivity index (χ3v) is 4.64. The minimum Gasteiger partial charge on any atom is -0.493 e. The van der Waals surface area contributed by atoms with Crippen molar-refractivity contribution in [3.8, 4) is 23.1 Å². The first-order valence-corrected chi connectivity index (χ1v) is 10.1. The lowest BCUT2D eigenvalue weighted by Crippen LogP contribution is -2.34. The van der Waals surface area contributed by atoms with E-state index in [0.717, 1.165) is 19.1 Å². The van der Waals surface area contributed by atoms with E-state index in [4.69, 9.17) is 21.6 Å². The normalized spacial score (nSPS) is 12.0. The molecule has 0 saturated carbocycles. The van der Waals surface area contributed by atoms with Gasteiger partial charge >= 0.3 is 6.18 Å². The lowest BCUT2D eigenvalue weighted by atomic mass is 10.1. The SMILES string of the molecule is C[C@H](Nc1nc(CNC#N)nc(Cl)c1-c1c(F)cc(OCCCN(C)C)cc1F)C(F)(F)F.Cl. The van der Waals surface area contributed by atoms with Crippen molar-refractivity contribution in [3.63, 3.8) is 0 Å². The number of anilines is 1. The van der Waals surface area contributed by atoms with Crippen LogP contribution < -0.4 is 15.4 Å². The number of hydrogen-bond acceptors (Lipinski definition) is 7. The van der Waals surface area contributed by atoms with E-state index in [9.17, 15) is 22.0 Å². The second-order valence-electron chi connectivity index (χ2n) is 7.29. The van der Waals surface area contributed by atoms with Gasteiger partial charge in [0.25, 0.3) is 0 Å². The zero-order valence-electron chi connectivity index (χ0n) is 18.4. The number of alkyl halides is 3. The van der Waals surface area contributed by atoms with Crippen LogP contribution in [0.1, 0.15) is 19.2 Å². The number of halogens is 7. The van der Waals surface area contributed by atoms with Crippen molar-refractivity contribution in [1.82, 2.24) is 20.2 Å². The van der Waals surface area contributed by atoms with E-state index in [2.05, 4.69) is 20.6 Å². The third kappa shape index (κ3) is 8.00. The molecule has 0 aliphatic carbocycles. The van der Waals surface area contributed by atoms with E-state index in [1.165, 1.54) is 0 Å². The molecule has 0 aliphatic rings. The number of hydrogen-bond donors (Lipinski definition) is 2. The van der Waals surface area contributed by atoms with Gasteiger partial charge in [-0.15, -0.1) is 12.4 Å². The Morgan fingerprint density at radius 2 is 1.79 bits per heavy atom. The minimum absolute atomic E-state index is 0. The van der Waals surface area contributed by atoms with Crippen molar-refractivity contribution in [2.75, 3.05) is 32.6 Å². The molecule has 0 radical (unpaired) electrons. The average Bonchev–Trinajstić information content (AvgIpc) is 2.70. The number of aromatic nitrogens is 2. The number of rotatable bonds is 10. The Morgan fingerprint density at radius 1 is 1.18 bits per heavy atom. The summed E-state index contributed by atoms with van der Waals surface area (Å²) in [5, 5.41) is 12.5. The Kier molecular flexibility index (Phi) is 11.0. The largest absolute Gasteiger partial charge is 0.493 e. The lowest BCUT2D eigenvalue weighted by molar-refractivity contribution is -0.138. The molecule has 2 rings (SSSR count). The maximum Gasteiger partial charge on any atom is 0.408 e. The van der Waals surface area contributed by atoms with Crippen molar-refractivity contribution in [2.45, 2.75) is 32.1 Å². The van der Waals surface area contributed by atoms with Crippen LogP contribution in [-0.4, -0.2) is 54.3 Å². The molecule has 188 valence electrons. The fraction of sp³-hybridized carbons (Fsp3) is 0.450. The number of ether oxygens (including phenoxy) is 1. The molecular weight excluding hydrogens is 506 g/mol. The number of benzene rings is 1. The summed E-state index contributed by atoms with van der Waals surface area (Å²) >= 11 is 6.11. The van der Waals surface area contributed by atoms with Gasteiger partial charge in [-0.3, -0.25) is 0 Å². The Bertz CT molecular complexity index is 993. The predicted octanol–water partition coefficient (Wildman–Crippen LogP) is 4.76. The molecule has 0 bridgehead atoms. The van der Waals surface area contributed by atoms with Crippen LogP contribution in [0.15, 0.2) is 12.1 Å². The molecule has 0 unspecified atom stereocenters. The first-order chi connectivity index (χ1) is 15.4. The van der Waals surface area contributed by atoms with Gasteiger partial charge in [-0.1, -0.05) is 11.6 Å². The summed E-state index contributed by atoms with van der Waals surface area (Å²) in [5.74, 6) is -3.00. The van der Waals surface area contributed by atoms with E-state index in [1.807, 2.05) is 19.0 Å². The molecule has 2 N–H and O–H groups in total. The predicted molar refractivity (Wildman–Crippen MR) is 120 cm³/mol. The van der Waals surface area contributed by atoms with E-state index in [0.29, 0.717) is 13.0 Å². The topological polar surface area (TPSA) is 86.1 Å². The van der Waals surface area contributed by atoms with Crippen LogP contribution in [0.5, 0.6) is 5.75 Å². The molecule has 1 aromatic carbocycles. The maximum absolute atomic E-state index is 14.9. The molecule has 2 aromatic rings. The molecular formula is C20H23Cl2F5N6O. The average molecular weight is 529 g/mol. The summed E-state index contributed by atoms with van der Waals surface area (Å²) in [6.45, 7) is 1.47. The van der Waals surface area contributed by atoms with Crippen molar-refractivity contribution < 1.29 is 26.7 Å². The smallest absolute Gasteiger partial charge is 0.408 e. The van der Waals surface area contributed by atoms with Crippen molar-refractivity contribution in [1.29, 1.82) is 5.26 Å². The van der Waals surface area contributed by atoms with Gasteiger partial charge in [0.2, 0.25) is 0 Å². The third-order valence-electron chi connectivity index (χ3n) is 4.36. The van der Waals surface area contributed by atoms with Gasteiger partial charge in [0, 0.05) is 18.7 Å². The Labute approximate surface area is 204 Å². The van der Waals surface area contributed by atoms with Gasteiger partial charge in [-0.05, 0) is 27.4 Å². The maximum atomic E-state index is 14.9. The van der Waals surface area contributed by atoms with Gasteiger partial charge in [-0.25, -0.2) is 18.7 Å². The molecule has 0 spiro atoms. The van der Waals surface area contributed by atoms with Gasteiger partial charge < -0.3 is 20.3 Å². The molecule has 7 nitrogen and oxygen atoms in total. The standard InChI is InChI=1S/C20H22ClF5N6O.ClH/c1-11(20(24,25)26)29-19-17(18(21)30-15(31-19)9-28-10-27)16-13(22)7-12(8-14(16)23)33-6-4-5-32(2)3;/h7-8,11,28H,4-6,9H2,1-3H3,(H,29,30,31);1H/t11-;/m0./s1. The van der Waals surface area contributed by atoms with Gasteiger partial charge in [-0.2, -0.15) is 18.4 Å². The van der Waals surface area contributed by atoms with E-state index in [-0.39, 0.29) is 37.1 Å². The number of nitrogens with one attached hydrogen (secondary N) is 2. The first kappa shape index (κ1) is 29.4. The van der Waals surface area contributed by atoms with Crippen molar-refractivity contribution in [3.05, 3.63) is 34.7 Å². The van der Waals surface area contributed by atoms with Crippen LogP contribution in [0.25, 0.3) is 11.1 Å². The quantitative estimate of drug-likeness (QED) is 0.151. The van der Waals surface area contributed by atoms with E-state index in [1.54, 1.807) is 6.19 Å². The molecule has 1 atom stereocenters. The second-order valence-corrected chi connectivity index (χ2v) is 7.65. The van der Waals surface area contributed by atoms with Crippen LogP contribution in [0.4, 0.5) is 27.8 Å². The summed E-state index contributed by atoms with van der Waals surface area (Å²) in [4.78, 5) is 9.66. The zero-order chi connectivity index (χ0) is 24.8. The summed E-state index contributed by atoms with van der Waals surface area (Å²) < 4.78 is 74.6. The summed E-state index contributed by atoms with van der Waals surface area (Å²) in [5.41, 5.74) is -1.19. The molecule has 0 saturated heterocycles. The molecule has 0 aliphatic heterocycles. The molecule has 0 fully saturated rings. The van der Waals surface area contributed by atoms with Crippen LogP contribution in [0.3, 0.4) is 0 Å². The first-order valence-electron chi connectivity index (χ1n) is 9.72. The molecule has 1 aromatic heterocycles. The fourth-order valence-corrected chi connectivity index (χ4v) is 3.01. The van der Waals surface area contributed by atoms with Crippen LogP contribution in [-0.2, 0) is 6.54 Å². The highest BCUT2D eigenvalue weighted by Gasteiger charge is 2.37. The van der Waals surface area contributed by atoms with Gasteiger partial charge in [0.15, 0.2) is 12.0 Å². The highest BCUT2D eigenvalue weighted by molar-refractivity contribution is 6.32. The molecule has 1 heterocycles. The Hall–Kier alpha value is -2.62. The van der Waals surface area contributed by atoms with Gasteiger partial charge in [0.05, 0.1) is 24.3 Å². The van der Waals surface area contributed by atoms with E-state index >= 15 is 0 Å². The van der Waals surface area contributed by atoms with Crippen LogP contribution in [0, 0.1) is 23.1 Å². The van der Waals surface area contributed by atoms with Gasteiger partial charge in [0.1, 0.15) is 34.4 Å². The second kappa shape index (κ2) is 12.7. The monoisotopic (exact) mass is 528 g/mol. The summed E-state index contributed by atoms with van der Waals surface area (Å²) in [6.07, 6.45) is -2.46. The highest BCUT2D eigenvalue weighted by Crippen LogP contribution is 2.39. The lowest BCUT2D eigenvalue weighted by Gasteiger charge is -2.21. The number of nitrogens with zero attached hydrogens (tertiary/aromatic N) is 4. The molecule has 34 heavy (non-hydrogen) atoms. The molecule has 14 heteroatoms.